The lowest BCUT2D eigenvalue weighted by molar-refractivity contribution is 0.483. The molecule has 0 aromatic carbocycles. The van der Waals surface area contributed by atoms with Gasteiger partial charge in [-0.15, -0.1) is 0 Å². The normalized spacial score (nSPS) is 12.8. The molecule has 0 nitrogen and oxygen atoms in total. The minimum absolute atomic E-state index is 0.872. The van der Waals surface area contributed by atoms with Crippen LogP contribution in [0.2, 0.25) is 0 Å². The Morgan fingerprint density at radius 2 is 0.833 bits per heavy atom. The maximum absolute atomic E-state index is 3.92. The first kappa shape index (κ1) is 29.7. The second kappa shape index (κ2) is 26.8. The van der Waals surface area contributed by atoms with E-state index in [1.807, 2.05) is 0 Å². The lowest BCUT2D eigenvalue weighted by Crippen LogP contribution is -1.92. The Morgan fingerprint density at radius 1 is 0.467 bits per heavy atom. The second-order valence-electron chi connectivity index (χ2n) is 9.81. The van der Waals surface area contributed by atoms with Gasteiger partial charge in [0.15, 0.2) is 0 Å². The fraction of sp³-hybridized carbons (Fsp3) is 0.867. The molecule has 0 aromatic heterocycles. The minimum Gasteiger partial charge on any atom is -0.0885 e. The molecule has 0 N–H and O–H groups in total. The summed E-state index contributed by atoms with van der Waals surface area (Å²) >= 11 is 0. The molecule has 0 bridgehead atoms. The molecular formula is C30H58. The molecule has 0 spiro atoms. The van der Waals surface area contributed by atoms with Gasteiger partial charge < -0.3 is 0 Å². The highest BCUT2D eigenvalue weighted by Gasteiger charge is 2.00. The zero-order valence-corrected chi connectivity index (χ0v) is 21.1. The van der Waals surface area contributed by atoms with Crippen molar-refractivity contribution in [3.05, 3.63) is 26.0 Å². The first-order chi connectivity index (χ1) is 14.8. The van der Waals surface area contributed by atoms with Crippen LogP contribution in [0.15, 0.2) is 12.2 Å². The SMILES string of the molecule is [CH2]CCCCCCCCCCCCC/C=C/CC(C)CCCCCCCCCC[CH2]. The zero-order valence-electron chi connectivity index (χ0n) is 21.1. The smallest absolute Gasteiger partial charge is 0.0325 e. The molecule has 0 amide bonds. The maximum Gasteiger partial charge on any atom is -0.0325 e. The van der Waals surface area contributed by atoms with Crippen LogP contribution in [-0.4, -0.2) is 0 Å². The van der Waals surface area contributed by atoms with Gasteiger partial charge in [-0.25, -0.2) is 0 Å². The Hall–Kier alpha value is -0.260. The van der Waals surface area contributed by atoms with Crippen LogP contribution in [0.5, 0.6) is 0 Å². The summed E-state index contributed by atoms with van der Waals surface area (Å²) in [5, 5.41) is 0. The Labute approximate surface area is 193 Å². The maximum atomic E-state index is 3.92. The van der Waals surface area contributed by atoms with E-state index in [1.165, 1.54) is 141 Å². The van der Waals surface area contributed by atoms with Crippen molar-refractivity contribution in [2.75, 3.05) is 0 Å². The van der Waals surface area contributed by atoms with Crippen molar-refractivity contribution < 1.29 is 0 Å². The summed E-state index contributed by atoms with van der Waals surface area (Å²) < 4.78 is 0. The average molecular weight is 419 g/mol. The van der Waals surface area contributed by atoms with Crippen LogP contribution in [0.25, 0.3) is 0 Å². The van der Waals surface area contributed by atoms with Gasteiger partial charge in [-0.3, -0.25) is 0 Å². The first-order valence-electron chi connectivity index (χ1n) is 14.0. The van der Waals surface area contributed by atoms with Gasteiger partial charge in [0.2, 0.25) is 0 Å². The van der Waals surface area contributed by atoms with Crippen molar-refractivity contribution in [2.45, 2.75) is 161 Å². The number of allylic oxidation sites excluding steroid dienone is 2. The third-order valence-corrected chi connectivity index (χ3v) is 6.52. The van der Waals surface area contributed by atoms with E-state index in [0.717, 1.165) is 18.8 Å². The molecule has 0 heteroatoms. The highest BCUT2D eigenvalue weighted by Crippen LogP contribution is 2.17. The van der Waals surface area contributed by atoms with Crippen molar-refractivity contribution >= 4 is 0 Å². The number of hydrogen-bond donors (Lipinski definition) is 0. The van der Waals surface area contributed by atoms with Gasteiger partial charge in [0.1, 0.15) is 0 Å². The van der Waals surface area contributed by atoms with Gasteiger partial charge in [-0.2, -0.15) is 0 Å². The van der Waals surface area contributed by atoms with Crippen LogP contribution in [0, 0.1) is 19.8 Å². The van der Waals surface area contributed by atoms with E-state index in [4.69, 9.17) is 0 Å². The molecule has 0 saturated heterocycles. The van der Waals surface area contributed by atoms with Crippen LogP contribution < -0.4 is 0 Å². The highest BCUT2D eigenvalue weighted by molar-refractivity contribution is 4.83. The van der Waals surface area contributed by atoms with Crippen molar-refractivity contribution in [3.8, 4) is 0 Å². The van der Waals surface area contributed by atoms with E-state index >= 15 is 0 Å². The molecule has 0 fully saturated rings. The van der Waals surface area contributed by atoms with Crippen LogP contribution in [-0.2, 0) is 0 Å². The van der Waals surface area contributed by atoms with Crippen molar-refractivity contribution in [3.63, 3.8) is 0 Å². The molecule has 0 saturated carbocycles. The van der Waals surface area contributed by atoms with Crippen molar-refractivity contribution in [1.29, 1.82) is 0 Å². The van der Waals surface area contributed by atoms with Crippen molar-refractivity contribution in [1.82, 2.24) is 0 Å². The first-order valence-corrected chi connectivity index (χ1v) is 14.0. The summed E-state index contributed by atoms with van der Waals surface area (Å²) in [6.07, 6.45) is 38.2. The largest absolute Gasteiger partial charge is 0.0885 e. The van der Waals surface area contributed by atoms with Gasteiger partial charge in [0, 0.05) is 0 Å². The Kier molecular flexibility index (Phi) is 26.5. The van der Waals surface area contributed by atoms with Gasteiger partial charge in [0.05, 0.1) is 0 Å². The number of hydrogen-bond acceptors (Lipinski definition) is 0. The fourth-order valence-electron chi connectivity index (χ4n) is 4.32. The predicted molar refractivity (Wildman–Crippen MR) is 140 cm³/mol. The lowest BCUT2D eigenvalue weighted by atomic mass is 9.98. The second-order valence-corrected chi connectivity index (χ2v) is 9.81. The van der Waals surface area contributed by atoms with Gasteiger partial charge in [0.25, 0.3) is 0 Å². The highest BCUT2D eigenvalue weighted by atomic mass is 14.1. The third-order valence-electron chi connectivity index (χ3n) is 6.52. The summed E-state index contributed by atoms with van der Waals surface area (Å²) in [6.45, 7) is 10.3. The summed E-state index contributed by atoms with van der Waals surface area (Å²) in [5.41, 5.74) is 0. The van der Waals surface area contributed by atoms with Gasteiger partial charge in [-0.1, -0.05) is 168 Å². The molecule has 0 heterocycles. The molecule has 0 aliphatic carbocycles. The van der Waals surface area contributed by atoms with Gasteiger partial charge in [-0.05, 0) is 25.2 Å². The molecular weight excluding hydrogens is 360 g/mol. The van der Waals surface area contributed by atoms with E-state index in [1.54, 1.807) is 0 Å². The lowest BCUT2D eigenvalue weighted by Gasteiger charge is -2.08. The van der Waals surface area contributed by atoms with Crippen molar-refractivity contribution in [2.24, 2.45) is 5.92 Å². The summed E-state index contributed by atoms with van der Waals surface area (Å²) in [6, 6.07) is 0. The van der Waals surface area contributed by atoms with E-state index < -0.39 is 0 Å². The zero-order chi connectivity index (χ0) is 22.0. The fourth-order valence-corrected chi connectivity index (χ4v) is 4.32. The summed E-state index contributed by atoms with van der Waals surface area (Å²) in [7, 11) is 0. The monoisotopic (exact) mass is 418 g/mol. The number of unbranched alkanes of at least 4 members (excludes halogenated alkanes) is 20. The quantitative estimate of drug-likeness (QED) is 0.102. The Balaban J connectivity index is 3.21. The molecule has 0 aliphatic rings. The number of rotatable bonds is 25. The summed E-state index contributed by atoms with van der Waals surface area (Å²) in [4.78, 5) is 0. The third kappa shape index (κ3) is 25.8. The minimum atomic E-state index is 0.872. The molecule has 1 atom stereocenters. The molecule has 30 heavy (non-hydrogen) atoms. The van der Waals surface area contributed by atoms with E-state index in [2.05, 4.69) is 32.9 Å². The molecule has 0 rings (SSSR count). The van der Waals surface area contributed by atoms with Crippen LogP contribution in [0.4, 0.5) is 0 Å². The van der Waals surface area contributed by atoms with Gasteiger partial charge >= 0.3 is 0 Å². The molecule has 1 unspecified atom stereocenters. The van der Waals surface area contributed by atoms with E-state index in [9.17, 15) is 0 Å². The predicted octanol–water partition coefficient (Wildman–Crippen LogP) is 11.2. The summed E-state index contributed by atoms with van der Waals surface area (Å²) in [5.74, 6) is 0.872. The Bertz CT molecular complexity index is 316. The van der Waals surface area contributed by atoms with Crippen LogP contribution >= 0.6 is 0 Å². The van der Waals surface area contributed by atoms with E-state index in [-0.39, 0.29) is 0 Å². The molecule has 2 radical (unpaired) electrons. The average Bonchev–Trinajstić information content (AvgIpc) is 2.75. The van der Waals surface area contributed by atoms with Crippen LogP contribution in [0.3, 0.4) is 0 Å². The molecule has 0 aromatic rings. The van der Waals surface area contributed by atoms with E-state index in [0.29, 0.717) is 0 Å². The topological polar surface area (TPSA) is 0 Å². The Morgan fingerprint density at radius 3 is 1.27 bits per heavy atom. The van der Waals surface area contributed by atoms with Crippen LogP contribution in [0.1, 0.15) is 161 Å². The molecule has 178 valence electrons. The molecule has 0 aliphatic heterocycles. The standard InChI is InChI=1S/C30H58/c1-4-6-8-10-12-14-15-16-17-18-19-21-23-25-27-29-30(3)28-26-24-22-20-13-11-9-7-5-2/h25,27,30H,1-2,4-24,26,28-29H2,3H3/b27-25+.